The van der Waals surface area contributed by atoms with Gasteiger partial charge in [0.2, 0.25) is 5.91 Å². The van der Waals surface area contributed by atoms with Gasteiger partial charge in [-0.2, -0.15) is 0 Å². The number of halogens is 1. The fourth-order valence-electron chi connectivity index (χ4n) is 3.67. The molecule has 1 amide bonds. The van der Waals surface area contributed by atoms with Gasteiger partial charge < -0.3 is 9.88 Å². The molecule has 1 aliphatic rings. The lowest BCUT2D eigenvalue weighted by Crippen LogP contribution is -2.42. The van der Waals surface area contributed by atoms with Crippen LogP contribution in [0.3, 0.4) is 0 Å². The second kappa shape index (κ2) is 7.37. The van der Waals surface area contributed by atoms with E-state index < -0.39 is 0 Å². The maximum absolute atomic E-state index is 13.7. The number of carbonyl (C=O) groups excluding carboxylic acids is 1. The van der Waals surface area contributed by atoms with Crippen molar-refractivity contribution in [2.75, 3.05) is 18.4 Å². The third-order valence-corrected chi connectivity index (χ3v) is 5.06. The van der Waals surface area contributed by atoms with Crippen molar-refractivity contribution in [3.63, 3.8) is 0 Å². The van der Waals surface area contributed by atoms with Crippen molar-refractivity contribution in [3.8, 4) is 0 Å². The molecule has 0 saturated carbocycles. The third-order valence-electron chi connectivity index (χ3n) is 5.06. The van der Waals surface area contributed by atoms with E-state index in [1.54, 1.807) is 19.1 Å². The second-order valence-electron chi connectivity index (χ2n) is 6.92. The van der Waals surface area contributed by atoms with Crippen molar-refractivity contribution in [1.82, 2.24) is 9.47 Å². The molecule has 2 aromatic carbocycles. The first kappa shape index (κ1) is 17.5. The molecule has 1 unspecified atom stereocenters. The van der Waals surface area contributed by atoms with Crippen LogP contribution < -0.4 is 5.32 Å². The summed E-state index contributed by atoms with van der Waals surface area (Å²) in [6, 6.07) is 19.2. The standard InChI is InChI=1S/C22H22FN3O/c1-16-9-10-18(14-19(16)23)24-21(27)15-26-13-12-25-11-5-8-20(25)22(26)17-6-3-2-4-7-17/h2-11,14,22H,12-13,15H2,1H3,(H,24,27). The Labute approximate surface area is 158 Å². The lowest BCUT2D eigenvalue weighted by Gasteiger charge is -2.36. The van der Waals surface area contributed by atoms with Gasteiger partial charge in [-0.25, -0.2) is 4.39 Å². The number of hydrogen-bond acceptors (Lipinski definition) is 2. The summed E-state index contributed by atoms with van der Waals surface area (Å²) in [5, 5.41) is 2.82. The quantitative estimate of drug-likeness (QED) is 0.761. The van der Waals surface area contributed by atoms with Crippen LogP contribution in [0.2, 0.25) is 0 Å². The van der Waals surface area contributed by atoms with Crippen molar-refractivity contribution in [3.05, 3.63) is 89.5 Å². The zero-order valence-corrected chi connectivity index (χ0v) is 15.2. The molecule has 0 aliphatic carbocycles. The maximum atomic E-state index is 13.7. The minimum absolute atomic E-state index is 0.0236. The molecule has 138 valence electrons. The zero-order valence-electron chi connectivity index (χ0n) is 15.2. The highest BCUT2D eigenvalue weighted by atomic mass is 19.1. The topological polar surface area (TPSA) is 37.3 Å². The van der Waals surface area contributed by atoms with E-state index in [0.29, 0.717) is 11.3 Å². The van der Waals surface area contributed by atoms with Crippen molar-refractivity contribution in [2.24, 2.45) is 0 Å². The average molecular weight is 363 g/mol. The normalized spacial score (nSPS) is 16.7. The van der Waals surface area contributed by atoms with Gasteiger partial charge in [-0.05, 0) is 42.3 Å². The smallest absolute Gasteiger partial charge is 0.238 e. The number of benzene rings is 2. The highest BCUT2D eigenvalue weighted by Crippen LogP contribution is 2.32. The monoisotopic (exact) mass is 363 g/mol. The van der Waals surface area contributed by atoms with Gasteiger partial charge in [-0.3, -0.25) is 9.69 Å². The van der Waals surface area contributed by atoms with Crippen LogP contribution in [0, 0.1) is 12.7 Å². The number of nitrogens with one attached hydrogen (secondary N) is 1. The number of anilines is 1. The first-order chi connectivity index (χ1) is 13.1. The Balaban J connectivity index is 1.55. The maximum Gasteiger partial charge on any atom is 0.238 e. The first-order valence-corrected chi connectivity index (χ1v) is 9.12. The Kier molecular flexibility index (Phi) is 4.77. The Morgan fingerprint density at radius 3 is 2.70 bits per heavy atom. The van der Waals surface area contributed by atoms with E-state index in [-0.39, 0.29) is 24.3 Å². The number of fused-ring (bicyclic) bond motifs is 1. The van der Waals surface area contributed by atoms with Gasteiger partial charge in [0.05, 0.1) is 12.6 Å². The summed E-state index contributed by atoms with van der Waals surface area (Å²) in [4.78, 5) is 14.8. The summed E-state index contributed by atoms with van der Waals surface area (Å²) in [5.74, 6) is -0.454. The van der Waals surface area contributed by atoms with Crippen LogP contribution in [0.25, 0.3) is 0 Å². The Morgan fingerprint density at radius 1 is 1.11 bits per heavy atom. The van der Waals surface area contributed by atoms with Crippen LogP contribution in [0.1, 0.15) is 22.9 Å². The summed E-state index contributed by atoms with van der Waals surface area (Å²) in [5.41, 5.74) is 3.39. The molecular weight excluding hydrogens is 341 g/mol. The fraction of sp³-hybridized carbons (Fsp3) is 0.227. The molecule has 4 nitrogen and oxygen atoms in total. The van der Waals surface area contributed by atoms with E-state index in [1.165, 1.54) is 11.8 Å². The van der Waals surface area contributed by atoms with Crippen LogP contribution in [-0.4, -0.2) is 28.5 Å². The number of rotatable bonds is 4. The lowest BCUT2D eigenvalue weighted by molar-refractivity contribution is -0.117. The van der Waals surface area contributed by atoms with Crippen LogP contribution in [0.4, 0.5) is 10.1 Å². The summed E-state index contributed by atoms with van der Waals surface area (Å²) in [6.45, 7) is 3.57. The Morgan fingerprint density at radius 2 is 1.93 bits per heavy atom. The second-order valence-corrected chi connectivity index (χ2v) is 6.92. The summed E-state index contributed by atoms with van der Waals surface area (Å²) < 4.78 is 16.0. The van der Waals surface area contributed by atoms with Crippen LogP contribution >= 0.6 is 0 Å². The molecule has 1 N–H and O–H groups in total. The fourth-order valence-corrected chi connectivity index (χ4v) is 3.67. The molecule has 0 bridgehead atoms. The molecule has 1 aromatic heterocycles. The zero-order chi connectivity index (χ0) is 18.8. The van der Waals surface area contributed by atoms with Gasteiger partial charge in [0.25, 0.3) is 0 Å². The molecule has 4 rings (SSSR count). The minimum Gasteiger partial charge on any atom is -0.348 e. The molecule has 0 fully saturated rings. The highest BCUT2D eigenvalue weighted by Gasteiger charge is 2.29. The number of aromatic nitrogens is 1. The van der Waals surface area contributed by atoms with Gasteiger partial charge in [0, 0.05) is 30.7 Å². The number of nitrogens with zero attached hydrogens (tertiary/aromatic N) is 2. The molecule has 5 heteroatoms. The van der Waals surface area contributed by atoms with Crippen LogP contribution in [-0.2, 0) is 11.3 Å². The predicted molar refractivity (Wildman–Crippen MR) is 104 cm³/mol. The van der Waals surface area contributed by atoms with Crippen molar-refractivity contribution < 1.29 is 9.18 Å². The molecular formula is C22H22FN3O. The van der Waals surface area contributed by atoms with E-state index >= 15 is 0 Å². The van der Waals surface area contributed by atoms with E-state index in [4.69, 9.17) is 0 Å². The molecule has 1 atom stereocenters. The summed E-state index contributed by atoms with van der Waals surface area (Å²) in [6.07, 6.45) is 2.08. The van der Waals surface area contributed by atoms with Crippen molar-refractivity contribution >= 4 is 11.6 Å². The van der Waals surface area contributed by atoms with E-state index in [1.807, 2.05) is 24.3 Å². The highest BCUT2D eigenvalue weighted by molar-refractivity contribution is 5.92. The number of hydrogen-bond donors (Lipinski definition) is 1. The van der Waals surface area contributed by atoms with Gasteiger partial charge in [0.1, 0.15) is 5.82 Å². The molecule has 0 spiro atoms. The minimum atomic E-state index is -0.314. The molecule has 0 saturated heterocycles. The van der Waals surface area contributed by atoms with Crippen molar-refractivity contribution in [1.29, 1.82) is 0 Å². The third kappa shape index (κ3) is 3.64. The number of aryl methyl sites for hydroxylation is 1. The molecule has 27 heavy (non-hydrogen) atoms. The largest absolute Gasteiger partial charge is 0.348 e. The van der Waals surface area contributed by atoms with Crippen LogP contribution in [0.15, 0.2) is 66.9 Å². The predicted octanol–water partition coefficient (Wildman–Crippen LogP) is 3.98. The van der Waals surface area contributed by atoms with Crippen molar-refractivity contribution in [2.45, 2.75) is 19.5 Å². The van der Waals surface area contributed by atoms with E-state index in [0.717, 1.165) is 18.7 Å². The summed E-state index contributed by atoms with van der Waals surface area (Å²) in [7, 11) is 0. The van der Waals surface area contributed by atoms with Gasteiger partial charge >= 0.3 is 0 Å². The summed E-state index contributed by atoms with van der Waals surface area (Å²) >= 11 is 0. The molecule has 3 aromatic rings. The SMILES string of the molecule is Cc1ccc(NC(=O)CN2CCn3cccc3C2c2ccccc2)cc1F. The number of carbonyl (C=O) groups is 1. The van der Waals surface area contributed by atoms with Crippen LogP contribution in [0.5, 0.6) is 0 Å². The first-order valence-electron chi connectivity index (χ1n) is 9.12. The Hall–Kier alpha value is -2.92. The van der Waals surface area contributed by atoms with Gasteiger partial charge in [-0.1, -0.05) is 36.4 Å². The molecule has 2 heterocycles. The van der Waals surface area contributed by atoms with Gasteiger partial charge in [0.15, 0.2) is 0 Å². The molecule has 0 radical (unpaired) electrons. The Bertz CT molecular complexity index is 951. The average Bonchev–Trinajstić information content (AvgIpc) is 3.14. The number of amides is 1. The van der Waals surface area contributed by atoms with Gasteiger partial charge in [-0.15, -0.1) is 0 Å². The lowest BCUT2D eigenvalue weighted by atomic mass is 10.00. The molecule has 1 aliphatic heterocycles. The van der Waals surface area contributed by atoms with E-state index in [2.05, 4.69) is 39.2 Å². The van der Waals surface area contributed by atoms with E-state index in [9.17, 15) is 9.18 Å².